The van der Waals surface area contributed by atoms with Crippen LogP contribution in [-0.2, 0) is 0 Å². The summed E-state index contributed by atoms with van der Waals surface area (Å²) in [5.74, 6) is 2.38. The van der Waals surface area contributed by atoms with Crippen LogP contribution in [0.3, 0.4) is 0 Å². The van der Waals surface area contributed by atoms with Gasteiger partial charge in [-0.2, -0.15) is 0 Å². The second kappa shape index (κ2) is 11.6. The third kappa shape index (κ3) is 8.12. The zero-order chi connectivity index (χ0) is 18.7. The average molecular weight is 351 g/mol. The molecule has 0 heterocycles. The second-order valence-electron chi connectivity index (χ2n) is 6.23. The van der Waals surface area contributed by atoms with Crippen LogP contribution in [0.4, 0.5) is 0 Å². The Morgan fingerprint density at radius 3 is 2.60 bits per heavy atom. The molecule has 0 saturated heterocycles. The van der Waals surface area contributed by atoms with E-state index in [9.17, 15) is 0 Å². The summed E-state index contributed by atoms with van der Waals surface area (Å²) < 4.78 is 11.1. The number of nitrogens with zero attached hydrogens (tertiary/aromatic N) is 2. The molecule has 2 atom stereocenters. The SMILES string of the molecule is CCC(C)N(C)CCNC(=NC)NCC(C)Oc1cccc(OC)c1. The average Bonchev–Trinajstić information content (AvgIpc) is 2.63. The lowest BCUT2D eigenvalue weighted by Gasteiger charge is -2.24. The molecule has 0 bridgehead atoms. The van der Waals surface area contributed by atoms with E-state index in [4.69, 9.17) is 9.47 Å². The lowest BCUT2D eigenvalue weighted by atomic mass is 10.2. The zero-order valence-electron chi connectivity index (χ0n) is 16.5. The van der Waals surface area contributed by atoms with Crippen LogP contribution in [-0.4, -0.2) is 63.8 Å². The van der Waals surface area contributed by atoms with Gasteiger partial charge in [0.1, 0.15) is 17.6 Å². The Labute approximate surface area is 152 Å². The van der Waals surface area contributed by atoms with Gasteiger partial charge in [-0.3, -0.25) is 4.99 Å². The van der Waals surface area contributed by atoms with Crippen molar-refractivity contribution in [3.05, 3.63) is 24.3 Å². The Kier molecular flexibility index (Phi) is 9.77. The van der Waals surface area contributed by atoms with E-state index in [0.717, 1.165) is 37.0 Å². The van der Waals surface area contributed by atoms with E-state index in [2.05, 4.69) is 41.4 Å². The lowest BCUT2D eigenvalue weighted by Crippen LogP contribution is -2.44. The molecular formula is C19H34N4O2. The Hall–Kier alpha value is -1.95. The molecule has 0 aliphatic heterocycles. The summed E-state index contributed by atoms with van der Waals surface area (Å²) in [6, 6.07) is 8.22. The van der Waals surface area contributed by atoms with Crippen LogP contribution in [0.5, 0.6) is 11.5 Å². The minimum Gasteiger partial charge on any atom is -0.497 e. The van der Waals surface area contributed by atoms with Gasteiger partial charge in [0, 0.05) is 32.2 Å². The molecule has 1 rings (SSSR count). The van der Waals surface area contributed by atoms with Gasteiger partial charge in [0.2, 0.25) is 0 Å². The molecule has 25 heavy (non-hydrogen) atoms. The Balaban J connectivity index is 2.33. The van der Waals surface area contributed by atoms with E-state index < -0.39 is 0 Å². The van der Waals surface area contributed by atoms with Crippen LogP contribution in [0.2, 0.25) is 0 Å². The minimum absolute atomic E-state index is 0.00782. The molecule has 6 heteroatoms. The fourth-order valence-electron chi connectivity index (χ4n) is 2.29. The number of likely N-dealkylation sites (N-methyl/N-ethyl adjacent to an activating group) is 1. The number of methoxy groups -OCH3 is 1. The van der Waals surface area contributed by atoms with Crippen molar-refractivity contribution in [2.45, 2.75) is 39.3 Å². The van der Waals surface area contributed by atoms with Crippen LogP contribution >= 0.6 is 0 Å². The van der Waals surface area contributed by atoms with Gasteiger partial charge in [-0.25, -0.2) is 0 Å². The first-order valence-electron chi connectivity index (χ1n) is 8.95. The zero-order valence-corrected chi connectivity index (χ0v) is 16.5. The molecule has 0 aromatic heterocycles. The number of hydrogen-bond acceptors (Lipinski definition) is 4. The molecule has 6 nitrogen and oxygen atoms in total. The first-order chi connectivity index (χ1) is 12.0. The minimum atomic E-state index is 0.00782. The standard InChI is InChI=1S/C19H34N4O2/c1-7-15(2)23(5)12-11-21-19(20-4)22-14-16(3)25-18-10-8-9-17(13-18)24-6/h8-10,13,15-16H,7,11-12,14H2,1-6H3,(H2,20,21,22). The molecule has 0 fully saturated rings. The Bertz CT molecular complexity index is 522. The van der Waals surface area contributed by atoms with E-state index in [0.29, 0.717) is 12.6 Å². The maximum Gasteiger partial charge on any atom is 0.191 e. The van der Waals surface area contributed by atoms with Crippen LogP contribution in [0.15, 0.2) is 29.3 Å². The van der Waals surface area contributed by atoms with Crippen LogP contribution in [0, 0.1) is 0 Å². The summed E-state index contributed by atoms with van der Waals surface area (Å²) in [4.78, 5) is 6.60. The van der Waals surface area contributed by atoms with Crippen molar-refractivity contribution in [1.82, 2.24) is 15.5 Å². The van der Waals surface area contributed by atoms with Crippen LogP contribution < -0.4 is 20.1 Å². The molecule has 1 aromatic carbocycles. The molecule has 0 aliphatic carbocycles. The number of benzene rings is 1. The van der Waals surface area contributed by atoms with E-state index in [1.165, 1.54) is 0 Å². The van der Waals surface area contributed by atoms with Gasteiger partial charge in [-0.15, -0.1) is 0 Å². The van der Waals surface area contributed by atoms with Gasteiger partial charge < -0.3 is 25.0 Å². The highest BCUT2D eigenvalue weighted by molar-refractivity contribution is 5.79. The largest absolute Gasteiger partial charge is 0.497 e. The first kappa shape index (κ1) is 21.1. The van der Waals surface area contributed by atoms with Crippen LogP contribution in [0.25, 0.3) is 0 Å². The van der Waals surface area contributed by atoms with Crippen molar-refractivity contribution in [1.29, 1.82) is 0 Å². The normalized spacial score (nSPS) is 14.1. The van der Waals surface area contributed by atoms with Gasteiger partial charge in [-0.1, -0.05) is 13.0 Å². The molecule has 2 N–H and O–H groups in total. The van der Waals surface area contributed by atoms with Crippen molar-refractivity contribution >= 4 is 5.96 Å². The van der Waals surface area contributed by atoms with Crippen molar-refractivity contribution < 1.29 is 9.47 Å². The number of nitrogens with one attached hydrogen (secondary N) is 2. The lowest BCUT2D eigenvalue weighted by molar-refractivity contribution is 0.222. The van der Waals surface area contributed by atoms with E-state index >= 15 is 0 Å². The fourth-order valence-corrected chi connectivity index (χ4v) is 2.29. The van der Waals surface area contributed by atoms with Crippen molar-refractivity contribution in [3.8, 4) is 11.5 Å². The Morgan fingerprint density at radius 2 is 1.96 bits per heavy atom. The Morgan fingerprint density at radius 1 is 1.24 bits per heavy atom. The third-order valence-corrected chi connectivity index (χ3v) is 4.26. The summed E-state index contributed by atoms with van der Waals surface area (Å²) >= 11 is 0. The van der Waals surface area contributed by atoms with Gasteiger partial charge in [0.15, 0.2) is 5.96 Å². The van der Waals surface area contributed by atoms with E-state index in [1.54, 1.807) is 14.2 Å². The molecule has 0 amide bonds. The highest BCUT2D eigenvalue weighted by atomic mass is 16.5. The number of ether oxygens (including phenoxy) is 2. The molecular weight excluding hydrogens is 316 g/mol. The molecule has 0 saturated carbocycles. The summed E-state index contributed by atoms with van der Waals surface area (Å²) in [6.07, 6.45) is 1.16. The summed E-state index contributed by atoms with van der Waals surface area (Å²) in [5.41, 5.74) is 0. The fraction of sp³-hybridized carbons (Fsp3) is 0.632. The highest BCUT2D eigenvalue weighted by Crippen LogP contribution is 2.19. The molecule has 0 spiro atoms. The smallest absolute Gasteiger partial charge is 0.191 e. The number of guanidine groups is 1. The summed E-state index contributed by atoms with van der Waals surface area (Å²) in [7, 11) is 5.58. The molecule has 0 aliphatic rings. The molecule has 1 aromatic rings. The predicted molar refractivity (Wildman–Crippen MR) is 105 cm³/mol. The van der Waals surface area contributed by atoms with Crippen LogP contribution in [0.1, 0.15) is 27.2 Å². The maximum atomic E-state index is 5.91. The van der Waals surface area contributed by atoms with Crippen molar-refractivity contribution in [3.63, 3.8) is 0 Å². The topological polar surface area (TPSA) is 58.1 Å². The molecule has 2 unspecified atom stereocenters. The first-order valence-corrected chi connectivity index (χ1v) is 8.95. The number of aliphatic imine (C=N–C) groups is 1. The molecule has 142 valence electrons. The van der Waals surface area contributed by atoms with Gasteiger partial charge >= 0.3 is 0 Å². The number of rotatable bonds is 10. The quantitative estimate of drug-likeness (QED) is 0.501. The third-order valence-electron chi connectivity index (χ3n) is 4.26. The van der Waals surface area contributed by atoms with Gasteiger partial charge in [0.25, 0.3) is 0 Å². The second-order valence-corrected chi connectivity index (χ2v) is 6.23. The van der Waals surface area contributed by atoms with E-state index in [1.807, 2.05) is 31.2 Å². The monoisotopic (exact) mass is 350 g/mol. The predicted octanol–water partition coefficient (Wildman–Crippen LogP) is 2.36. The van der Waals surface area contributed by atoms with Gasteiger partial charge in [-0.05, 0) is 39.4 Å². The summed E-state index contributed by atoms with van der Waals surface area (Å²) in [6.45, 7) is 8.97. The van der Waals surface area contributed by atoms with Crippen molar-refractivity contribution in [2.24, 2.45) is 4.99 Å². The summed E-state index contributed by atoms with van der Waals surface area (Å²) in [5, 5.41) is 6.64. The number of hydrogen-bond donors (Lipinski definition) is 2. The van der Waals surface area contributed by atoms with Gasteiger partial charge in [0.05, 0.1) is 13.7 Å². The highest BCUT2D eigenvalue weighted by Gasteiger charge is 2.08. The van der Waals surface area contributed by atoms with E-state index in [-0.39, 0.29) is 6.10 Å². The molecule has 0 radical (unpaired) electrons. The van der Waals surface area contributed by atoms with Crippen molar-refractivity contribution in [2.75, 3.05) is 40.8 Å². The maximum absolute atomic E-state index is 5.91.